The lowest BCUT2D eigenvalue weighted by molar-refractivity contribution is 0.0831. The lowest BCUT2D eigenvalue weighted by Gasteiger charge is -2.33. The minimum atomic E-state index is 0.0577. The monoisotopic (exact) mass is 410 g/mol. The second kappa shape index (κ2) is 8.44. The highest BCUT2D eigenvalue weighted by Crippen LogP contribution is 2.41. The van der Waals surface area contributed by atoms with E-state index in [1.165, 1.54) is 37.8 Å². The Bertz CT molecular complexity index is 826. The number of hydrogen-bond donors (Lipinski definition) is 1. The molecule has 0 amide bonds. The van der Waals surface area contributed by atoms with Gasteiger partial charge < -0.3 is 19.5 Å². The molecule has 6 heteroatoms. The summed E-state index contributed by atoms with van der Waals surface area (Å²) >= 11 is 5.83. The number of rotatable bonds is 5. The molecule has 2 aliphatic heterocycles. The van der Waals surface area contributed by atoms with E-state index in [4.69, 9.17) is 17.0 Å². The molecule has 5 nitrogen and oxygen atoms in total. The van der Waals surface area contributed by atoms with Crippen LogP contribution in [0.5, 0.6) is 0 Å². The van der Waals surface area contributed by atoms with Crippen LogP contribution in [0, 0.1) is 0 Å². The average molecular weight is 411 g/mol. The number of hydrogen-bond acceptors (Lipinski definition) is 3. The summed E-state index contributed by atoms with van der Waals surface area (Å²) in [6, 6.07) is 11.4. The summed E-state index contributed by atoms with van der Waals surface area (Å²) in [5.74, 6) is 0. The molecule has 0 spiro atoms. The molecule has 0 unspecified atom stereocenters. The van der Waals surface area contributed by atoms with Crippen LogP contribution in [-0.4, -0.2) is 38.8 Å². The first-order valence-electron chi connectivity index (χ1n) is 11.1. The predicted octanol–water partition coefficient (Wildman–Crippen LogP) is 4.54. The fraction of sp³-hybridized carbons (Fsp3) is 0.565. The highest BCUT2D eigenvalue weighted by molar-refractivity contribution is 7.80. The van der Waals surface area contributed by atoms with E-state index in [9.17, 15) is 0 Å². The number of pyridine rings is 1. The molecule has 3 fully saturated rings. The van der Waals surface area contributed by atoms with E-state index >= 15 is 0 Å². The molecule has 0 aromatic carbocycles. The standard InChI is InChI=1S/C23H30N4OS/c29-23-25-21(19-11-4-5-13-24-19)22(27(23)16-18-10-7-15-28-18)20-12-6-14-26(20)17-8-2-1-3-9-17/h4-6,11-14,17-18,21-22H,1-3,7-10,15-16H2,(H,25,29)/t18-,21-,22-/m1/s1. The van der Waals surface area contributed by atoms with Gasteiger partial charge in [-0.1, -0.05) is 25.3 Å². The van der Waals surface area contributed by atoms with Crippen LogP contribution in [0.4, 0.5) is 0 Å². The van der Waals surface area contributed by atoms with Gasteiger partial charge >= 0.3 is 0 Å². The van der Waals surface area contributed by atoms with Gasteiger partial charge in [0.2, 0.25) is 0 Å². The van der Waals surface area contributed by atoms with Crippen molar-refractivity contribution in [1.82, 2.24) is 19.8 Å². The van der Waals surface area contributed by atoms with Crippen molar-refractivity contribution in [3.05, 3.63) is 54.1 Å². The Labute approximate surface area is 178 Å². The second-order valence-electron chi connectivity index (χ2n) is 8.55. The third-order valence-electron chi connectivity index (χ3n) is 6.71. The Balaban J connectivity index is 1.51. The first-order chi connectivity index (χ1) is 14.3. The maximum Gasteiger partial charge on any atom is 0.170 e. The molecular weight excluding hydrogens is 380 g/mol. The van der Waals surface area contributed by atoms with Gasteiger partial charge in [-0.25, -0.2) is 0 Å². The van der Waals surface area contributed by atoms with Crippen LogP contribution in [-0.2, 0) is 4.74 Å². The fourth-order valence-corrected chi connectivity index (χ4v) is 5.60. The molecule has 2 saturated heterocycles. The van der Waals surface area contributed by atoms with Gasteiger partial charge in [-0.3, -0.25) is 4.98 Å². The summed E-state index contributed by atoms with van der Waals surface area (Å²) < 4.78 is 8.49. The van der Waals surface area contributed by atoms with Crippen LogP contribution in [0.2, 0.25) is 0 Å². The van der Waals surface area contributed by atoms with E-state index in [0.717, 1.165) is 36.8 Å². The molecule has 3 atom stereocenters. The maximum atomic E-state index is 5.96. The van der Waals surface area contributed by atoms with Crippen molar-refractivity contribution in [3.63, 3.8) is 0 Å². The van der Waals surface area contributed by atoms with Crippen LogP contribution >= 0.6 is 12.2 Å². The molecule has 154 valence electrons. The largest absolute Gasteiger partial charge is 0.376 e. The summed E-state index contributed by atoms with van der Waals surface area (Å²) in [4.78, 5) is 7.03. The van der Waals surface area contributed by atoms with Crippen LogP contribution in [0.25, 0.3) is 0 Å². The molecule has 4 heterocycles. The number of nitrogens with zero attached hydrogens (tertiary/aromatic N) is 3. The third kappa shape index (κ3) is 3.80. The van der Waals surface area contributed by atoms with Gasteiger partial charge in [0.1, 0.15) is 0 Å². The third-order valence-corrected chi connectivity index (χ3v) is 7.06. The molecule has 3 aliphatic rings. The minimum absolute atomic E-state index is 0.0577. The van der Waals surface area contributed by atoms with Gasteiger partial charge in [0, 0.05) is 37.3 Å². The van der Waals surface area contributed by atoms with Gasteiger partial charge in [0.15, 0.2) is 5.11 Å². The van der Waals surface area contributed by atoms with Crippen molar-refractivity contribution in [1.29, 1.82) is 0 Å². The van der Waals surface area contributed by atoms with E-state index < -0.39 is 0 Å². The molecule has 2 aromatic rings. The Hall–Kier alpha value is -1.92. The molecule has 29 heavy (non-hydrogen) atoms. The Morgan fingerprint density at radius 3 is 2.72 bits per heavy atom. The predicted molar refractivity (Wildman–Crippen MR) is 118 cm³/mol. The fourth-order valence-electron chi connectivity index (χ4n) is 5.28. The van der Waals surface area contributed by atoms with Crippen molar-refractivity contribution >= 4 is 17.3 Å². The zero-order valence-corrected chi connectivity index (χ0v) is 17.7. The molecule has 0 radical (unpaired) electrons. The normalized spacial score (nSPS) is 28.1. The van der Waals surface area contributed by atoms with E-state index in [2.05, 4.69) is 50.2 Å². The van der Waals surface area contributed by atoms with Crippen LogP contribution in [0.15, 0.2) is 42.7 Å². The molecule has 5 rings (SSSR count). The first kappa shape index (κ1) is 19.1. The smallest absolute Gasteiger partial charge is 0.170 e. The quantitative estimate of drug-likeness (QED) is 0.733. The number of aromatic nitrogens is 2. The summed E-state index contributed by atoms with van der Waals surface area (Å²) in [6.45, 7) is 1.71. The average Bonchev–Trinajstić information content (AvgIpc) is 3.51. The van der Waals surface area contributed by atoms with Crippen molar-refractivity contribution in [2.45, 2.75) is 69.2 Å². The molecule has 1 saturated carbocycles. The van der Waals surface area contributed by atoms with E-state index in [-0.39, 0.29) is 18.2 Å². The molecule has 1 aliphatic carbocycles. The van der Waals surface area contributed by atoms with Gasteiger partial charge in [0.05, 0.1) is 23.9 Å². The SMILES string of the molecule is S=C1N[C@H](c2ccccn2)[C@@H](c2cccn2C2CCCCC2)N1C[C@H]1CCCO1. The lowest BCUT2D eigenvalue weighted by Crippen LogP contribution is -2.37. The second-order valence-corrected chi connectivity index (χ2v) is 8.93. The highest BCUT2D eigenvalue weighted by atomic mass is 32.1. The van der Waals surface area contributed by atoms with Crippen molar-refractivity contribution in [3.8, 4) is 0 Å². The van der Waals surface area contributed by atoms with Gasteiger partial charge in [0.25, 0.3) is 0 Å². The zero-order valence-electron chi connectivity index (χ0n) is 16.9. The van der Waals surface area contributed by atoms with Crippen LogP contribution in [0.1, 0.15) is 74.5 Å². The highest BCUT2D eigenvalue weighted by Gasteiger charge is 2.42. The molecule has 0 bridgehead atoms. The van der Waals surface area contributed by atoms with Gasteiger partial charge in [-0.15, -0.1) is 0 Å². The van der Waals surface area contributed by atoms with Crippen molar-refractivity contribution < 1.29 is 4.74 Å². The van der Waals surface area contributed by atoms with Crippen molar-refractivity contribution in [2.75, 3.05) is 13.2 Å². The van der Waals surface area contributed by atoms with E-state index in [1.54, 1.807) is 0 Å². The Kier molecular flexibility index (Phi) is 5.55. The Morgan fingerprint density at radius 2 is 1.97 bits per heavy atom. The minimum Gasteiger partial charge on any atom is -0.376 e. The van der Waals surface area contributed by atoms with Crippen molar-refractivity contribution in [2.24, 2.45) is 0 Å². The first-order valence-corrected chi connectivity index (χ1v) is 11.5. The molecule has 1 N–H and O–H groups in total. The van der Waals surface area contributed by atoms with Gasteiger partial charge in [-0.2, -0.15) is 0 Å². The van der Waals surface area contributed by atoms with Gasteiger partial charge in [-0.05, 0) is 62.2 Å². The summed E-state index contributed by atoms with van der Waals surface area (Å²) in [5.41, 5.74) is 2.39. The summed E-state index contributed by atoms with van der Waals surface area (Å²) in [6.07, 6.45) is 13.2. The van der Waals surface area contributed by atoms with E-state index in [0.29, 0.717) is 6.04 Å². The topological polar surface area (TPSA) is 42.3 Å². The van der Waals surface area contributed by atoms with E-state index in [1.807, 2.05) is 12.3 Å². The lowest BCUT2D eigenvalue weighted by atomic mass is 9.94. The molecular formula is C23H30N4OS. The number of thiocarbonyl (C=S) groups is 1. The molecule has 2 aromatic heterocycles. The Morgan fingerprint density at radius 1 is 1.07 bits per heavy atom. The maximum absolute atomic E-state index is 5.96. The van der Waals surface area contributed by atoms with Crippen LogP contribution < -0.4 is 5.32 Å². The summed E-state index contributed by atoms with van der Waals surface area (Å²) in [5, 5.41) is 4.41. The number of nitrogens with one attached hydrogen (secondary N) is 1. The number of ether oxygens (including phenoxy) is 1. The summed E-state index contributed by atoms with van der Waals surface area (Å²) in [7, 11) is 0. The van der Waals surface area contributed by atoms with Crippen LogP contribution in [0.3, 0.4) is 0 Å². The zero-order chi connectivity index (χ0) is 19.6.